The summed E-state index contributed by atoms with van der Waals surface area (Å²) < 4.78 is 16.3. The van der Waals surface area contributed by atoms with Crippen LogP contribution < -0.4 is 5.32 Å². The van der Waals surface area contributed by atoms with E-state index in [-0.39, 0.29) is 5.56 Å². The highest BCUT2D eigenvalue weighted by Crippen LogP contribution is 2.33. The molecule has 0 radical (unpaired) electrons. The lowest BCUT2D eigenvalue weighted by molar-refractivity contribution is -0.119. The van der Waals surface area contributed by atoms with Gasteiger partial charge in [-0.15, -0.1) is 11.3 Å². The van der Waals surface area contributed by atoms with Crippen LogP contribution in [0.2, 0.25) is 10.0 Å². The third-order valence-corrected chi connectivity index (χ3v) is 7.01. The zero-order chi connectivity index (χ0) is 27.6. The molecule has 9 nitrogen and oxygen atoms in total. The average Bonchev–Trinajstić information content (AvgIpc) is 3.74. The number of nitrogens with zero attached hydrogens (tertiary/aromatic N) is 3. The molecule has 40 heavy (non-hydrogen) atoms. The first-order valence-corrected chi connectivity index (χ1v) is 13.4. The molecule has 1 amide bonds. The number of anilines is 1. The Morgan fingerprint density at radius 1 is 0.875 bits per heavy atom. The minimum Gasteiger partial charge on any atom is -0.463 e. The van der Waals surface area contributed by atoms with Gasteiger partial charge in [0.1, 0.15) is 11.4 Å². The van der Waals surface area contributed by atoms with Gasteiger partial charge in [-0.2, -0.15) is 0 Å². The van der Waals surface area contributed by atoms with Crippen LogP contribution in [0.4, 0.5) is 5.13 Å². The quantitative estimate of drug-likeness (QED) is 0.191. The first-order chi connectivity index (χ1) is 19.4. The van der Waals surface area contributed by atoms with Crippen molar-refractivity contribution in [2.45, 2.75) is 0 Å². The number of carbonyl (C=O) groups excluding carboxylic acids is 2. The SMILES string of the molecule is O=C(COC(=O)c1ccc2nc(-c3ccco3)c(-c3ccco3)nc2c1)Nc1nc(-c2ccc(Cl)cc2Cl)cs1. The van der Waals surface area contributed by atoms with E-state index in [1.807, 2.05) is 0 Å². The lowest BCUT2D eigenvalue weighted by atomic mass is 10.1. The molecule has 6 rings (SSSR count). The molecule has 0 unspecified atom stereocenters. The van der Waals surface area contributed by atoms with Gasteiger partial charge >= 0.3 is 5.97 Å². The number of hydrogen-bond donors (Lipinski definition) is 1. The summed E-state index contributed by atoms with van der Waals surface area (Å²) in [6, 6.07) is 16.8. The molecular weight excluding hydrogens is 575 g/mol. The smallest absolute Gasteiger partial charge is 0.338 e. The summed E-state index contributed by atoms with van der Waals surface area (Å²) in [5.74, 6) is -0.213. The average molecular weight is 591 g/mol. The number of rotatable bonds is 7. The summed E-state index contributed by atoms with van der Waals surface area (Å²) in [6.07, 6.45) is 3.08. The fourth-order valence-corrected chi connectivity index (χ4v) is 5.11. The number of benzene rings is 2. The molecule has 0 atom stereocenters. The van der Waals surface area contributed by atoms with E-state index in [4.69, 9.17) is 36.8 Å². The van der Waals surface area contributed by atoms with Crippen molar-refractivity contribution in [3.63, 3.8) is 0 Å². The Labute approximate surface area is 240 Å². The van der Waals surface area contributed by atoms with E-state index in [1.54, 1.807) is 72.3 Å². The molecule has 0 spiro atoms. The molecule has 12 heteroatoms. The monoisotopic (exact) mass is 590 g/mol. The Bertz CT molecular complexity index is 1850. The molecule has 0 bridgehead atoms. The topological polar surface area (TPSA) is 120 Å². The number of thiazole rings is 1. The lowest BCUT2D eigenvalue weighted by Gasteiger charge is -2.08. The van der Waals surface area contributed by atoms with Crippen LogP contribution in [0, 0.1) is 0 Å². The molecule has 0 fully saturated rings. The van der Waals surface area contributed by atoms with Crippen molar-refractivity contribution >= 4 is 62.6 Å². The first-order valence-electron chi connectivity index (χ1n) is 11.7. The second-order valence-electron chi connectivity index (χ2n) is 8.37. The Morgan fingerprint density at radius 3 is 2.27 bits per heavy atom. The van der Waals surface area contributed by atoms with Crippen molar-refractivity contribution in [1.29, 1.82) is 0 Å². The fourth-order valence-electron chi connectivity index (χ4n) is 3.87. The molecule has 1 N–H and O–H groups in total. The van der Waals surface area contributed by atoms with E-state index < -0.39 is 18.5 Å². The van der Waals surface area contributed by atoms with Crippen LogP contribution in [0.5, 0.6) is 0 Å². The second kappa shape index (κ2) is 10.9. The number of hydrogen-bond acceptors (Lipinski definition) is 9. The minimum absolute atomic E-state index is 0.208. The van der Waals surface area contributed by atoms with Crippen LogP contribution in [-0.2, 0) is 9.53 Å². The van der Waals surface area contributed by atoms with E-state index in [1.165, 1.54) is 17.6 Å². The molecule has 4 heterocycles. The molecule has 2 aromatic carbocycles. The molecule has 6 aromatic rings. The number of amides is 1. The largest absolute Gasteiger partial charge is 0.463 e. The highest BCUT2D eigenvalue weighted by Gasteiger charge is 2.19. The van der Waals surface area contributed by atoms with Crippen LogP contribution >= 0.6 is 34.5 Å². The number of esters is 1. The van der Waals surface area contributed by atoms with Crippen molar-refractivity contribution in [2.75, 3.05) is 11.9 Å². The molecule has 0 aliphatic carbocycles. The summed E-state index contributed by atoms with van der Waals surface area (Å²) in [5, 5.41) is 5.66. The van der Waals surface area contributed by atoms with Crippen LogP contribution in [-0.4, -0.2) is 33.4 Å². The summed E-state index contributed by atoms with van der Waals surface area (Å²) in [7, 11) is 0. The fraction of sp³-hybridized carbons (Fsp3) is 0.0357. The number of fused-ring (bicyclic) bond motifs is 1. The van der Waals surface area contributed by atoms with Crippen molar-refractivity contribution < 1.29 is 23.2 Å². The maximum atomic E-state index is 12.7. The molecule has 0 aliphatic rings. The van der Waals surface area contributed by atoms with Gasteiger partial charge in [0.05, 0.1) is 39.8 Å². The predicted octanol–water partition coefficient (Wildman–Crippen LogP) is 7.38. The summed E-state index contributed by atoms with van der Waals surface area (Å²) in [6.45, 7) is -0.506. The molecule has 0 saturated carbocycles. The number of ether oxygens (including phenoxy) is 1. The number of carbonyl (C=O) groups is 2. The zero-order valence-corrected chi connectivity index (χ0v) is 22.6. The minimum atomic E-state index is -0.693. The Hall–Kier alpha value is -4.51. The number of halogens is 2. The summed E-state index contributed by atoms with van der Waals surface area (Å²) >= 11 is 13.4. The van der Waals surface area contributed by atoms with Gasteiger partial charge in [0.25, 0.3) is 5.91 Å². The maximum Gasteiger partial charge on any atom is 0.338 e. The number of furan rings is 2. The second-order valence-corrected chi connectivity index (χ2v) is 10.1. The summed E-state index contributed by atoms with van der Waals surface area (Å²) in [5.41, 5.74) is 3.41. The van der Waals surface area contributed by atoms with Gasteiger partial charge in [-0.3, -0.25) is 10.1 Å². The van der Waals surface area contributed by atoms with E-state index in [9.17, 15) is 9.59 Å². The van der Waals surface area contributed by atoms with Gasteiger partial charge < -0.3 is 13.6 Å². The van der Waals surface area contributed by atoms with Gasteiger partial charge in [-0.1, -0.05) is 23.2 Å². The van der Waals surface area contributed by atoms with Gasteiger partial charge in [0.2, 0.25) is 0 Å². The highest BCUT2D eigenvalue weighted by atomic mass is 35.5. The molecule has 0 aliphatic heterocycles. The lowest BCUT2D eigenvalue weighted by Crippen LogP contribution is -2.20. The van der Waals surface area contributed by atoms with Crippen LogP contribution in [0.1, 0.15) is 10.4 Å². The number of nitrogens with one attached hydrogen (secondary N) is 1. The van der Waals surface area contributed by atoms with Gasteiger partial charge in [-0.25, -0.2) is 19.7 Å². The van der Waals surface area contributed by atoms with Crippen molar-refractivity contribution in [3.05, 3.63) is 94.2 Å². The van der Waals surface area contributed by atoms with Crippen molar-refractivity contribution in [3.8, 4) is 34.2 Å². The van der Waals surface area contributed by atoms with E-state index >= 15 is 0 Å². The first kappa shape index (κ1) is 25.8. The van der Waals surface area contributed by atoms with Crippen molar-refractivity contribution in [1.82, 2.24) is 15.0 Å². The Kier molecular flexibility index (Phi) is 7.04. The third kappa shape index (κ3) is 5.32. The standard InChI is InChI=1S/C28H16Cl2N4O5S/c29-16-6-7-17(18(30)12-16)21-14-40-28(33-21)34-24(35)13-39-27(36)15-5-8-19-20(11-15)32-26(23-4-2-10-38-23)25(31-19)22-3-1-9-37-22/h1-12,14H,13H2,(H,33,34,35). The maximum absolute atomic E-state index is 12.7. The van der Waals surface area contributed by atoms with Crippen LogP contribution in [0.3, 0.4) is 0 Å². The number of aromatic nitrogens is 3. The van der Waals surface area contributed by atoms with E-state index in [0.717, 1.165) is 0 Å². The molecule has 198 valence electrons. The van der Waals surface area contributed by atoms with Crippen molar-refractivity contribution in [2.24, 2.45) is 0 Å². The predicted molar refractivity (Wildman–Crippen MR) is 151 cm³/mol. The van der Waals surface area contributed by atoms with Crippen LogP contribution in [0.15, 0.2) is 87.4 Å². The Morgan fingerprint density at radius 2 is 1.60 bits per heavy atom. The third-order valence-electron chi connectivity index (χ3n) is 5.70. The van der Waals surface area contributed by atoms with Gasteiger partial charge in [0, 0.05) is 16.0 Å². The van der Waals surface area contributed by atoms with Crippen LogP contribution in [0.25, 0.3) is 45.2 Å². The Balaban J connectivity index is 1.15. The van der Waals surface area contributed by atoms with Gasteiger partial charge in [-0.05, 0) is 60.7 Å². The van der Waals surface area contributed by atoms with E-state index in [0.29, 0.717) is 60.4 Å². The van der Waals surface area contributed by atoms with E-state index in [2.05, 4.69) is 20.3 Å². The van der Waals surface area contributed by atoms with Gasteiger partial charge in [0.15, 0.2) is 23.3 Å². The summed E-state index contributed by atoms with van der Waals surface area (Å²) in [4.78, 5) is 38.9. The molecule has 0 saturated heterocycles. The normalized spacial score (nSPS) is 11.1. The molecule has 4 aromatic heterocycles. The zero-order valence-electron chi connectivity index (χ0n) is 20.3. The highest BCUT2D eigenvalue weighted by molar-refractivity contribution is 7.14. The molecular formula is C28H16Cl2N4O5S.